The van der Waals surface area contributed by atoms with Gasteiger partial charge in [-0.05, 0) is 0 Å². The summed E-state index contributed by atoms with van der Waals surface area (Å²) in [4.78, 5) is 0. The van der Waals surface area contributed by atoms with Gasteiger partial charge >= 0.3 is 0 Å². The van der Waals surface area contributed by atoms with Crippen LogP contribution < -0.4 is 4.74 Å². The van der Waals surface area contributed by atoms with Crippen molar-refractivity contribution >= 4 is 0 Å². The van der Waals surface area contributed by atoms with E-state index in [1.807, 2.05) is 0 Å². The van der Waals surface area contributed by atoms with Crippen molar-refractivity contribution in [1.82, 2.24) is 9.78 Å². The Hall–Kier alpha value is -1.57. The van der Waals surface area contributed by atoms with Gasteiger partial charge in [0.2, 0.25) is 5.88 Å². The Morgan fingerprint density at radius 3 is 3.08 bits per heavy atom. The molecule has 0 aliphatic rings. The fourth-order valence-corrected chi connectivity index (χ4v) is 0.827. The summed E-state index contributed by atoms with van der Waals surface area (Å²) in [5.74, 6) is 2.50. The molecule has 1 rings (SSSR count). The van der Waals surface area contributed by atoms with Gasteiger partial charge in [0.1, 0.15) is 6.54 Å². The highest BCUT2D eigenvalue weighted by Gasteiger charge is 2.08. The summed E-state index contributed by atoms with van der Waals surface area (Å²) in [5.41, 5.74) is 0. The van der Waals surface area contributed by atoms with Gasteiger partial charge in [0, 0.05) is 6.07 Å². The molecule has 0 aromatic carbocycles. The fraction of sp³-hybridized carbons (Fsp3) is 0.375. The number of terminal acetylenes is 1. The van der Waals surface area contributed by atoms with Crippen molar-refractivity contribution in [2.45, 2.75) is 13.0 Å². The van der Waals surface area contributed by atoms with Crippen LogP contribution in [0.5, 0.6) is 5.88 Å². The van der Waals surface area contributed by atoms with Crippen molar-refractivity contribution in [3.63, 3.8) is 0 Å². The van der Waals surface area contributed by atoms with Gasteiger partial charge in [-0.3, -0.25) is 0 Å². The smallest absolute Gasteiger partial charge is 0.258 e. The molecule has 0 aliphatic carbocycles. The third-order valence-corrected chi connectivity index (χ3v) is 1.29. The summed E-state index contributed by atoms with van der Waals surface area (Å²) in [6, 6.07) is 1.49. The Bertz CT molecular complexity index is 303. The molecule has 0 saturated heterocycles. The Kier molecular flexibility index (Phi) is 3.26. The Labute approximate surface area is 74.3 Å². The SMILES string of the molecule is C#CCOc1ccnn1CC(F)F. The van der Waals surface area contributed by atoms with Crippen molar-refractivity contribution in [3.05, 3.63) is 12.3 Å². The molecule has 0 radical (unpaired) electrons. The van der Waals surface area contributed by atoms with Crippen LogP contribution in [0.25, 0.3) is 0 Å². The Balaban J connectivity index is 2.61. The zero-order valence-electron chi connectivity index (χ0n) is 6.78. The van der Waals surface area contributed by atoms with Crippen LogP contribution in [0, 0.1) is 12.3 Å². The number of ether oxygens (including phenoxy) is 1. The third-order valence-electron chi connectivity index (χ3n) is 1.29. The van der Waals surface area contributed by atoms with E-state index in [1.54, 1.807) is 0 Å². The summed E-state index contributed by atoms with van der Waals surface area (Å²) in [6.07, 6.45) is 3.88. The molecule has 5 heteroatoms. The van der Waals surface area contributed by atoms with E-state index in [-0.39, 0.29) is 12.5 Å². The zero-order valence-corrected chi connectivity index (χ0v) is 6.78. The predicted octanol–water partition coefficient (Wildman–Crippen LogP) is 1.16. The lowest BCUT2D eigenvalue weighted by Crippen LogP contribution is -2.10. The molecular weight excluding hydrogens is 178 g/mol. The minimum absolute atomic E-state index is 0.0505. The van der Waals surface area contributed by atoms with Gasteiger partial charge < -0.3 is 4.74 Å². The van der Waals surface area contributed by atoms with Crippen LogP contribution in [0.15, 0.2) is 12.3 Å². The molecule has 3 nitrogen and oxygen atoms in total. The van der Waals surface area contributed by atoms with E-state index in [0.717, 1.165) is 4.68 Å². The fourth-order valence-electron chi connectivity index (χ4n) is 0.827. The van der Waals surface area contributed by atoms with Crippen LogP contribution in [0.3, 0.4) is 0 Å². The molecule has 70 valence electrons. The second-order valence-corrected chi connectivity index (χ2v) is 2.24. The second kappa shape index (κ2) is 4.45. The summed E-state index contributed by atoms with van der Waals surface area (Å²) >= 11 is 0. The Morgan fingerprint density at radius 2 is 2.46 bits per heavy atom. The number of aromatic nitrogens is 2. The minimum Gasteiger partial charge on any atom is -0.465 e. The molecule has 1 aromatic rings. The summed E-state index contributed by atoms with van der Waals surface area (Å²) in [7, 11) is 0. The minimum atomic E-state index is -2.45. The van der Waals surface area contributed by atoms with E-state index in [9.17, 15) is 8.78 Å². The van der Waals surface area contributed by atoms with Crippen LogP contribution in [-0.4, -0.2) is 22.8 Å². The first kappa shape index (κ1) is 9.52. The summed E-state index contributed by atoms with van der Waals surface area (Å²) < 4.78 is 29.9. The molecule has 0 spiro atoms. The van der Waals surface area contributed by atoms with E-state index in [1.165, 1.54) is 12.3 Å². The van der Waals surface area contributed by atoms with Gasteiger partial charge in [-0.1, -0.05) is 5.92 Å². The maximum absolute atomic E-state index is 11.9. The standard InChI is InChI=1S/C8H8F2N2O/c1-2-5-13-8-3-4-11-12(8)6-7(9)10/h1,3-4,7H,5-6H2. The quantitative estimate of drug-likeness (QED) is 0.660. The van der Waals surface area contributed by atoms with Crippen LogP contribution in [0.4, 0.5) is 8.78 Å². The van der Waals surface area contributed by atoms with Crippen molar-refractivity contribution in [3.8, 4) is 18.2 Å². The molecule has 0 aliphatic heterocycles. The molecule has 0 N–H and O–H groups in total. The van der Waals surface area contributed by atoms with E-state index >= 15 is 0 Å². The lowest BCUT2D eigenvalue weighted by atomic mass is 10.6. The molecular formula is C8H8F2N2O. The number of hydrogen-bond acceptors (Lipinski definition) is 2. The van der Waals surface area contributed by atoms with Gasteiger partial charge in [-0.2, -0.15) is 5.10 Å². The van der Waals surface area contributed by atoms with E-state index in [4.69, 9.17) is 11.2 Å². The van der Waals surface area contributed by atoms with Crippen molar-refractivity contribution in [2.75, 3.05) is 6.61 Å². The maximum Gasteiger partial charge on any atom is 0.258 e. The topological polar surface area (TPSA) is 27.1 Å². The van der Waals surface area contributed by atoms with Crippen LogP contribution in [0.1, 0.15) is 0 Å². The molecule has 13 heavy (non-hydrogen) atoms. The first-order valence-corrected chi connectivity index (χ1v) is 3.60. The zero-order chi connectivity index (χ0) is 9.68. The highest BCUT2D eigenvalue weighted by molar-refractivity contribution is 5.08. The normalized spacial score (nSPS) is 10.0. The number of alkyl halides is 2. The molecule has 0 bridgehead atoms. The highest BCUT2D eigenvalue weighted by atomic mass is 19.3. The van der Waals surface area contributed by atoms with Gasteiger partial charge in [-0.25, -0.2) is 13.5 Å². The molecule has 0 saturated carbocycles. The number of hydrogen-bond donors (Lipinski definition) is 0. The summed E-state index contributed by atoms with van der Waals surface area (Å²) in [6.45, 7) is -0.429. The molecule has 0 fully saturated rings. The summed E-state index contributed by atoms with van der Waals surface area (Å²) in [5, 5.41) is 3.65. The lowest BCUT2D eigenvalue weighted by molar-refractivity contribution is 0.116. The number of rotatable bonds is 4. The lowest BCUT2D eigenvalue weighted by Gasteiger charge is -2.05. The third kappa shape index (κ3) is 2.75. The molecule has 1 heterocycles. The van der Waals surface area contributed by atoms with E-state index < -0.39 is 13.0 Å². The first-order chi connectivity index (χ1) is 6.24. The van der Waals surface area contributed by atoms with Crippen LogP contribution in [-0.2, 0) is 6.54 Å². The van der Waals surface area contributed by atoms with Gasteiger partial charge in [-0.15, -0.1) is 6.42 Å². The van der Waals surface area contributed by atoms with Crippen LogP contribution in [0.2, 0.25) is 0 Å². The average Bonchev–Trinajstić information content (AvgIpc) is 2.48. The van der Waals surface area contributed by atoms with Gasteiger partial charge in [0.05, 0.1) is 6.20 Å². The largest absolute Gasteiger partial charge is 0.465 e. The molecule has 0 atom stereocenters. The highest BCUT2D eigenvalue weighted by Crippen LogP contribution is 2.11. The maximum atomic E-state index is 11.9. The van der Waals surface area contributed by atoms with Gasteiger partial charge in [0.15, 0.2) is 6.61 Å². The predicted molar refractivity (Wildman–Crippen MR) is 42.6 cm³/mol. The average molecular weight is 186 g/mol. The van der Waals surface area contributed by atoms with Crippen molar-refractivity contribution in [1.29, 1.82) is 0 Å². The first-order valence-electron chi connectivity index (χ1n) is 3.60. The Morgan fingerprint density at radius 1 is 1.69 bits per heavy atom. The van der Waals surface area contributed by atoms with Crippen molar-refractivity contribution in [2.24, 2.45) is 0 Å². The monoisotopic (exact) mass is 186 g/mol. The number of nitrogens with zero attached hydrogens (tertiary/aromatic N) is 2. The number of halogens is 2. The van der Waals surface area contributed by atoms with Gasteiger partial charge in [0.25, 0.3) is 6.43 Å². The molecule has 0 amide bonds. The molecule has 1 aromatic heterocycles. The van der Waals surface area contributed by atoms with Crippen LogP contribution >= 0.6 is 0 Å². The molecule has 0 unspecified atom stereocenters. The van der Waals surface area contributed by atoms with Crippen molar-refractivity contribution < 1.29 is 13.5 Å². The second-order valence-electron chi connectivity index (χ2n) is 2.24. The van der Waals surface area contributed by atoms with E-state index in [2.05, 4.69) is 11.0 Å². The van der Waals surface area contributed by atoms with E-state index in [0.29, 0.717) is 0 Å².